The molecule has 0 aromatic carbocycles. The lowest BCUT2D eigenvalue weighted by molar-refractivity contribution is 0.325. The zero-order valence-corrected chi connectivity index (χ0v) is 8.24. The molecule has 13 heavy (non-hydrogen) atoms. The van der Waals surface area contributed by atoms with Crippen LogP contribution in [0.15, 0.2) is 6.20 Å². The molecular weight excluding hydrogens is 166 g/mol. The van der Waals surface area contributed by atoms with Crippen LogP contribution >= 0.6 is 0 Å². The van der Waals surface area contributed by atoms with Crippen LogP contribution in [0.2, 0.25) is 0 Å². The number of rotatable bonds is 3. The molecule has 2 N–H and O–H groups in total. The van der Waals surface area contributed by atoms with E-state index in [9.17, 15) is 0 Å². The summed E-state index contributed by atoms with van der Waals surface area (Å²) in [5, 5.41) is 0. The maximum atomic E-state index is 5.70. The SMILES string of the molecule is CCOc1cnc(C(C)C)c(N)n1. The van der Waals surface area contributed by atoms with Gasteiger partial charge in [-0.1, -0.05) is 13.8 Å². The Hall–Kier alpha value is -1.32. The molecule has 0 spiro atoms. The molecule has 0 saturated heterocycles. The largest absolute Gasteiger partial charge is 0.477 e. The van der Waals surface area contributed by atoms with E-state index in [4.69, 9.17) is 10.5 Å². The first-order valence-corrected chi connectivity index (χ1v) is 4.40. The topological polar surface area (TPSA) is 61.0 Å². The molecular formula is C9H15N3O. The Balaban J connectivity index is 2.92. The summed E-state index contributed by atoms with van der Waals surface area (Å²) in [6.45, 7) is 6.53. The number of nitrogen functional groups attached to an aromatic ring is 1. The second kappa shape index (κ2) is 4.07. The third-order valence-corrected chi connectivity index (χ3v) is 1.65. The van der Waals surface area contributed by atoms with Crippen molar-refractivity contribution in [3.8, 4) is 5.88 Å². The number of anilines is 1. The van der Waals surface area contributed by atoms with Crippen LogP contribution in [0.5, 0.6) is 5.88 Å². The highest BCUT2D eigenvalue weighted by Crippen LogP contribution is 2.19. The van der Waals surface area contributed by atoms with Gasteiger partial charge in [-0.3, -0.25) is 4.98 Å². The lowest BCUT2D eigenvalue weighted by Gasteiger charge is -2.08. The fourth-order valence-corrected chi connectivity index (χ4v) is 1.06. The Labute approximate surface area is 78.1 Å². The fourth-order valence-electron chi connectivity index (χ4n) is 1.06. The molecule has 0 bridgehead atoms. The maximum absolute atomic E-state index is 5.70. The van der Waals surface area contributed by atoms with Gasteiger partial charge in [-0.2, -0.15) is 4.98 Å². The lowest BCUT2D eigenvalue weighted by Crippen LogP contribution is -2.05. The Morgan fingerprint density at radius 3 is 2.69 bits per heavy atom. The molecule has 0 radical (unpaired) electrons. The van der Waals surface area contributed by atoms with Gasteiger partial charge in [0.05, 0.1) is 18.5 Å². The number of nitrogens with zero attached hydrogens (tertiary/aromatic N) is 2. The van der Waals surface area contributed by atoms with Crippen molar-refractivity contribution in [1.82, 2.24) is 9.97 Å². The molecule has 0 aliphatic rings. The molecule has 1 rings (SSSR count). The Morgan fingerprint density at radius 1 is 1.54 bits per heavy atom. The van der Waals surface area contributed by atoms with E-state index in [1.54, 1.807) is 6.20 Å². The third kappa shape index (κ3) is 2.31. The molecule has 0 atom stereocenters. The van der Waals surface area contributed by atoms with Crippen LogP contribution in [-0.2, 0) is 0 Å². The smallest absolute Gasteiger partial charge is 0.234 e. The first kappa shape index (κ1) is 9.77. The van der Waals surface area contributed by atoms with Gasteiger partial charge in [0, 0.05) is 0 Å². The molecule has 1 aromatic rings. The van der Waals surface area contributed by atoms with Crippen molar-refractivity contribution in [2.75, 3.05) is 12.3 Å². The zero-order valence-electron chi connectivity index (χ0n) is 8.24. The van der Waals surface area contributed by atoms with Gasteiger partial charge in [-0.05, 0) is 12.8 Å². The van der Waals surface area contributed by atoms with E-state index >= 15 is 0 Å². The summed E-state index contributed by atoms with van der Waals surface area (Å²) in [4.78, 5) is 8.26. The first-order chi connectivity index (χ1) is 6.15. The van der Waals surface area contributed by atoms with Crippen molar-refractivity contribution < 1.29 is 4.74 Å². The second-order valence-corrected chi connectivity index (χ2v) is 3.07. The highest BCUT2D eigenvalue weighted by Gasteiger charge is 2.07. The normalized spacial score (nSPS) is 10.5. The average molecular weight is 181 g/mol. The molecule has 0 fully saturated rings. The predicted octanol–water partition coefficient (Wildman–Crippen LogP) is 1.58. The molecule has 0 unspecified atom stereocenters. The fraction of sp³-hybridized carbons (Fsp3) is 0.556. The van der Waals surface area contributed by atoms with Crippen LogP contribution in [0.3, 0.4) is 0 Å². The van der Waals surface area contributed by atoms with Crippen molar-refractivity contribution in [1.29, 1.82) is 0 Å². The van der Waals surface area contributed by atoms with Crippen LogP contribution in [0.25, 0.3) is 0 Å². The van der Waals surface area contributed by atoms with Gasteiger partial charge in [0.15, 0.2) is 0 Å². The number of ether oxygens (including phenoxy) is 1. The molecule has 0 aliphatic heterocycles. The molecule has 4 heteroatoms. The van der Waals surface area contributed by atoms with E-state index in [0.29, 0.717) is 24.2 Å². The summed E-state index contributed by atoms with van der Waals surface area (Å²) in [6, 6.07) is 0. The molecule has 1 aromatic heterocycles. The van der Waals surface area contributed by atoms with E-state index in [2.05, 4.69) is 9.97 Å². The van der Waals surface area contributed by atoms with Crippen molar-refractivity contribution >= 4 is 5.82 Å². The van der Waals surface area contributed by atoms with Crippen LogP contribution in [0.1, 0.15) is 32.4 Å². The predicted molar refractivity (Wildman–Crippen MR) is 51.7 cm³/mol. The summed E-state index contributed by atoms with van der Waals surface area (Å²) in [6.07, 6.45) is 1.61. The van der Waals surface area contributed by atoms with Gasteiger partial charge < -0.3 is 10.5 Å². The highest BCUT2D eigenvalue weighted by molar-refractivity contribution is 5.37. The summed E-state index contributed by atoms with van der Waals surface area (Å²) in [5.41, 5.74) is 6.52. The van der Waals surface area contributed by atoms with Crippen molar-refractivity contribution in [2.24, 2.45) is 0 Å². The molecule has 72 valence electrons. The van der Waals surface area contributed by atoms with Gasteiger partial charge in [0.1, 0.15) is 5.82 Å². The average Bonchev–Trinajstić information content (AvgIpc) is 2.04. The Kier molecular flexibility index (Phi) is 3.06. The number of aromatic nitrogens is 2. The van der Waals surface area contributed by atoms with Crippen LogP contribution in [-0.4, -0.2) is 16.6 Å². The minimum absolute atomic E-state index is 0.295. The minimum Gasteiger partial charge on any atom is -0.477 e. The molecule has 4 nitrogen and oxygen atoms in total. The van der Waals surface area contributed by atoms with Crippen molar-refractivity contribution in [3.63, 3.8) is 0 Å². The van der Waals surface area contributed by atoms with Crippen LogP contribution in [0, 0.1) is 0 Å². The number of nitrogens with two attached hydrogens (primary N) is 1. The van der Waals surface area contributed by atoms with E-state index in [-0.39, 0.29) is 0 Å². The van der Waals surface area contributed by atoms with Gasteiger partial charge in [-0.25, -0.2) is 0 Å². The third-order valence-electron chi connectivity index (χ3n) is 1.65. The standard InChI is InChI=1S/C9H15N3O/c1-4-13-7-5-11-8(6(2)3)9(10)12-7/h5-6H,4H2,1-3H3,(H2,10,12). The number of hydrogen-bond acceptors (Lipinski definition) is 4. The maximum Gasteiger partial charge on any atom is 0.234 e. The zero-order chi connectivity index (χ0) is 9.84. The highest BCUT2D eigenvalue weighted by atomic mass is 16.5. The number of hydrogen-bond donors (Lipinski definition) is 1. The van der Waals surface area contributed by atoms with Gasteiger partial charge >= 0.3 is 0 Å². The Morgan fingerprint density at radius 2 is 2.23 bits per heavy atom. The monoisotopic (exact) mass is 181 g/mol. The summed E-state index contributed by atoms with van der Waals surface area (Å²) >= 11 is 0. The van der Waals surface area contributed by atoms with E-state index < -0.39 is 0 Å². The molecule has 0 saturated carbocycles. The molecule has 0 amide bonds. The minimum atomic E-state index is 0.295. The van der Waals surface area contributed by atoms with Gasteiger partial charge in [0.2, 0.25) is 5.88 Å². The quantitative estimate of drug-likeness (QED) is 0.769. The van der Waals surface area contributed by atoms with E-state index in [1.165, 1.54) is 0 Å². The van der Waals surface area contributed by atoms with E-state index in [1.807, 2.05) is 20.8 Å². The van der Waals surface area contributed by atoms with E-state index in [0.717, 1.165) is 5.69 Å². The molecule has 1 heterocycles. The van der Waals surface area contributed by atoms with Crippen molar-refractivity contribution in [2.45, 2.75) is 26.7 Å². The van der Waals surface area contributed by atoms with Gasteiger partial charge in [-0.15, -0.1) is 0 Å². The lowest BCUT2D eigenvalue weighted by atomic mass is 10.1. The summed E-state index contributed by atoms with van der Waals surface area (Å²) < 4.78 is 5.17. The molecule has 0 aliphatic carbocycles. The second-order valence-electron chi connectivity index (χ2n) is 3.07. The van der Waals surface area contributed by atoms with Crippen LogP contribution < -0.4 is 10.5 Å². The van der Waals surface area contributed by atoms with Crippen LogP contribution in [0.4, 0.5) is 5.82 Å². The van der Waals surface area contributed by atoms with Crippen molar-refractivity contribution in [3.05, 3.63) is 11.9 Å². The summed E-state index contributed by atoms with van der Waals surface area (Å²) in [5.74, 6) is 1.24. The van der Waals surface area contributed by atoms with Gasteiger partial charge in [0.25, 0.3) is 0 Å². The Bertz CT molecular complexity index is 286. The first-order valence-electron chi connectivity index (χ1n) is 4.40. The summed E-state index contributed by atoms with van der Waals surface area (Å²) in [7, 11) is 0.